The van der Waals surface area contributed by atoms with E-state index in [1.807, 2.05) is 0 Å². The van der Waals surface area contributed by atoms with Crippen molar-refractivity contribution >= 4 is 0 Å². The smallest absolute Gasteiger partial charge is 0.171 e. The number of pyridine rings is 1. The van der Waals surface area contributed by atoms with Crippen molar-refractivity contribution in [3.8, 4) is 0 Å². The number of rotatable bonds is 11. The van der Waals surface area contributed by atoms with E-state index in [4.69, 9.17) is 5.11 Å². The van der Waals surface area contributed by atoms with Gasteiger partial charge in [-0.2, -0.15) is 0 Å². The van der Waals surface area contributed by atoms with Gasteiger partial charge in [0.2, 0.25) is 0 Å². The zero-order valence-electron chi connectivity index (χ0n) is 12.9. The molecule has 0 saturated carbocycles. The Morgan fingerprint density at radius 2 is 1.75 bits per heavy atom. The van der Waals surface area contributed by atoms with Crippen LogP contribution in [0.25, 0.3) is 0 Å². The Morgan fingerprint density at radius 3 is 2.50 bits per heavy atom. The standard InChI is InChI=1S/C17H30NO.BrH/c1-2-3-4-7-11-17-12-10-14-18(16-17)13-8-5-6-9-15-19;/h10,12,14,16,19H,2-9,11,13,15H2,1H3;1H/q+1;/p-1. The van der Waals surface area contributed by atoms with Gasteiger partial charge in [0, 0.05) is 24.7 Å². The Kier molecular flexibility index (Phi) is 13.3. The second kappa shape index (κ2) is 13.6. The third-order valence-corrected chi connectivity index (χ3v) is 3.56. The Hall–Kier alpha value is -0.410. The maximum atomic E-state index is 8.73. The van der Waals surface area contributed by atoms with Gasteiger partial charge in [-0.15, -0.1) is 0 Å². The lowest BCUT2D eigenvalue weighted by atomic mass is 10.1. The summed E-state index contributed by atoms with van der Waals surface area (Å²) in [6.45, 7) is 3.70. The van der Waals surface area contributed by atoms with Gasteiger partial charge in [-0.25, -0.2) is 4.57 Å². The maximum absolute atomic E-state index is 8.73. The minimum absolute atomic E-state index is 0. The van der Waals surface area contributed by atoms with Gasteiger partial charge in [0.05, 0.1) is 0 Å². The fourth-order valence-electron chi connectivity index (χ4n) is 2.38. The summed E-state index contributed by atoms with van der Waals surface area (Å²) in [5.41, 5.74) is 1.47. The predicted molar refractivity (Wildman–Crippen MR) is 80.0 cm³/mol. The fourth-order valence-corrected chi connectivity index (χ4v) is 2.38. The topological polar surface area (TPSA) is 24.1 Å². The van der Waals surface area contributed by atoms with Gasteiger partial charge < -0.3 is 22.1 Å². The third-order valence-electron chi connectivity index (χ3n) is 3.56. The second-order valence-corrected chi connectivity index (χ2v) is 5.40. The van der Waals surface area contributed by atoms with Crippen molar-refractivity contribution in [1.29, 1.82) is 0 Å². The van der Waals surface area contributed by atoms with Crippen molar-refractivity contribution in [2.75, 3.05) is 6.61 Å². The normalized spacial score (nSPS) is 10.3. The van der Waals surface area contributed by atoms with E-state index in [9.17, 15) is 0 Å². The molecule has 0 aromatic carbocycles. The highest BCUT2D eigenvalue weighted by Gasteiger charge is 2.02. The van der Waals surface area contributed by atoms with E-state index in [-0.39, 0.29) is 17.0 Å². The molecule has 0 radical (unpaired) electrons. The summed E-state index contributed by atoms with van der Waals surface area (Å²) in [5.74, 6) is 0. The first-order valence-corrected chi connectivity index (χ1v) is 7.95. The first-order valence-electron chi connectivity index (χ1n) is 7.95. The molecule has 0 aliphatic rings. The molecular formula is C17H30BrNO. The van der Waals surface area contributed by atoms with Crippen LogP contribution in [-0.4, -0.2) is 11.7 Å². The van der Waals surface area contributed by atoms with E-state index in [0.29, 0.717) is 6.61 Å². The highest BCUT2D eigenvalue weighted by molar-refractivity contribution is 5.05. The highest BCUT2D eigenvalue weighted by Crippen LogP contribution is 2.06. The quantitative estimate of drug-likeness (QED) is 0.463. The van der Waals surface area contributed by atoms with Gasteiger partial charge in [-0.05, 0) is 31.7 Å². The number of nitrogens with zero attached hydrogens (tertiary/aromatic N) is 1. The summed E-state index contributed by atoms with van der Waals surface area (Å²) in [6, 6.07) is 4.41. The van der Waals surface area contributed by atoms with E-state index in [1.165, 1.54) is 50.5 Å². The molecule has 0 bridgehead atoms. The number of halogens is 1. The lowest BCUT2D eigenvalue weighted by Gasteiger charge is -2.02. The van der Waals surface area contributed by atoms with Crippen molar-refractivity contribution in [2.24, 2.45) is 0 Å². The number of aromatic nitrogens is 1. The van der Waals surface area contributed by atoms with E-state index >= 15 is 0 Å². The fraction of sp³-hybridized carbons (Fsp3) is 0.706. The highest BCUT2D eigenvalue weighted by atomic mass is 79.9. The van der Waals surface area contributed by atoms with Gasteiger partial charge in [-0.3, -0.25) is 0 Å². The van der Waals surface area contributed by atoms with Crippen molar-refractivity contribution in [1.82, 2.24) is 0 Å². The molecule has 116 valence electrons. The Labute approximate surface area is 135 Å². The molecule has 1 heterocycles. The van der Waals surface area contributed by atoms with Crippen LogP contribution in [-0.2, 0) is 13.0 Å². The van der Waals surface area contributed by atoms with E-state index < -0.39 is 0 Å². The predicted octanol–water partition coefficient (Wildman–Crippen LogP) is 0.654. The van der Waals surface area contributed by atoms with E-state index in [1.54, 1.807) is 0 Å². The van der Waals surface area contributed by atoms with Crippen LogP contribution < -0.4 is 21.5 Å². The Bertz CT molecular complexity index is 331. The number of aryl methyl sites for hydroxylation is 2. The molecule has 0 fully saturated rings. The van der Waals surface area contributed by atoms with Crippen LogP contribution in [0.15, 0.2) is 24.5 Å². The van der Waals surface area contributed by atoms with Crippen LogP contribution >= 0.6 is 0 Å². The second-order valence-electron chi connectivity index (χ2n) is 5.40. The molecule has 0 amide bonds. The lowest BCUT2D eigenvalue weighted by Crippen LogP contribution is -3.00. The van der Waals surface area contributed by atoms with Crippen molar-refractivity contribution < 1.29 is 26.7 Å². The van der Waals surface area contributed by atoms with E-state index in [0.717, 1.165) is 19.4 Å². The molecule has 1 aromatic rings. The third kappa shape index (κ3) is 9.49. The number of aliphatic hydroxyl groups is 1. The largest absolute Gasteiger partial charge is 1.00 e. The van der Waals surface area contributed by atoms with E-state index in [2.05, 4.69) is 36.0 Å². The average Bonchev–Trinajstić information content (AvgIpc) is 2.44. The van der Waals surface area contributed by atoms with Crippen LogP contribution in [0.2, 0.25) is 0 Å². The van der Waals surface area contributed by atoms with Crippen molar-refractivity contribution in [3.05, 3.63) is 30.1 Å². The van der Waals surface area contributed by atoms with Crippen LogP contribution in [0.3, 0.4) is 0 Å². The average molecular weight is 344 g/mol. The number of hydrogen-bond acceptors (Lipinski definition) is 1. The SMILES string of the molecule is CCCCCCc1ccc[n+](CCCCCCO)c1.[Br-]. The first-order chi connectivity index (χ1) is 9.36. The molecule has 0 saturated heterocycles. The molecule has 0 atom stereocenters. The molecule has 3 heteroatoms. The molecule has 1 rings (SSSR count). The molecule has 1 N–H and O–H groups in total. The van der Waals surface area contributed by atoms with Crippen LogP contribution in [0.1, 0.15) is 63.9 Å². The van der Waals surface area contributed by atoms with Crippen LogP contribution in [0.4, 0.5) is 0 Å². The van der Waals surface area contributed by atoms with Crippen molar-refractivity contribution in [3.63, 3.8) is 0 Å². The first kappa shape index (κ1) is 19.6. The molecule has 1 aromatic heterocycles. The minimum Gasteiger partial charge on any atom is -1.00 e. The van der Waals surface area contributed by atoms with Gasteiger partial charge in [0.1, 0.15) is 6.54 Å². The molecule has 2 nitrogen and oxygen atoms in total. The van der Waals surface area contributed by atoms with Crippen LogP contribution in [0, 0.1) is 0 Å². The Balaban J connectivity index is 0.00000361. The van der Waals surface area contributed by atoms with Gasteiger partial charge in [-0.1, -0.05) is 32.6 Å². The van der Waals surface area contributed by atoms with Gasteiger partial charge in [0.15, 0.2) is 12.4 Å². The zero-order valence-corrected chi connectivity index (χ0v) is 14.4. The summed E-state index contributed by atoms with van der Waals surface area (Å²) in [4.78, 5) is 0. The molecule has 0 aliphatic carbocycles. The maximum Gasteiger partial charge on any atom is 0.171 e. The van der Waals surface area contributed by atoms with Gasteiger partial charge >= 0.3 is 0 Å². The molecule has 0 unspecified atom stereocenters. The molecule has 0 spiro atoms. The van der Waals surface area contributed by atoms with Crippen LogP contribution in [0.5, 0.6) is 0 Å². The number of aliphatic hydroxyl groups excluding tert-OH is 1. The summed E-state index contributed by atoms with van der Waals surface area (Å²) in [6.07, 6.45) is 15.5. The summed E-state index contributed by atoms with van der Waals surface area (Å²) >= 11 is 0. The van der Waals surface area contributed by atoms with Gasteiger partial charge in [0.25, 0.3) is 0 Å². The summed E-state index contributed by atoms with van der Waals surface area (Å²) in [5, 5.41) is 8.73. The lowest BCUT2D eigenvalue weighted by molar-refractivity contribution is -0.697. The monoisotopic (exact) mass is 343 g/mol. The van der Waals surface area contributed by atoms with Crippen molar-refractivity contribution in [2.45, 2.75) is 71.3 Å². The summed E-state index contributed by atoms with van der Waals surface area (Å²) < 4.78 is 2.31. The summed E-state index contributed by atoms with van der Waals surface area (Å²) in [7, 11) is 0. The molecule has 20 heavy (non-hydrogen) atoms. The Morgan fingerprint density at radius 1 is 1.00 bits per heavy atom. The minimum atomic E-state index is 0. The number of unbranched alkanes of at least 4 members (excludes halogenated alkanes) is 6. The molecule has 0 aliphatic heterocycles. The molecular weight excluding hydrogens is 314 g/mol. The number of hydrogen-bond donors (Lipinski definition) is 1. The zero-order chi connectivity index (χ0) is 13.8.